The van der Waals surface area contributed by atoms with Crippen LogP contribution in [0.5, 0.6) is 0 Å². The third-order valence-corrected chi connectivity index (χ3v) is 5.35. The van der Waals surface area contributed by atoms with Crippen LogP contribution in [0, 0.1) is 5.92 Å². The van der Waals surface area contributed by atoms with E-state index in [1.54, 1.807) is 0 Å². The molecule has 0 fully saturated rings. The van der Waals surface area contributed by atoms with Gasteiger partial charge in [-0.2, -0.15) is 0 Å². The molecule has 0 heterocycles. The lowest BCUT2D eigenvalue weighted by atomic mass is 9.93. The number of unbranched alkanes of at least 4 members (excludes halogenated alkanes) is 8. The summed E-state index contributed by atoms with van der Waals surface area (Å²) in [6.07, 6.45) is 16.6. The standard InChI is InChI=1S/C24H46O4/c1-4-7-14-20-27-23(25)17-13-11-9-10-12-16-22(6-3)18-19-24(26)28-21-15-8-5-2/h22H,4-21H2,1-3H3. The van der Waals surface area contributed by atoms with Gasteiger partial charge in [0.1, 0.15) is 0 Å². The Morgan fingerprint density at radius 3 is 1.71 bits per heavy atom. The molecule has 0 aromatic rings. The van der Waals surface area contributed by atoms with Crippen LogP contribution in [0.3, 0.4) is 0 Å². The molecule has 0 aliphatic heterocycles. The van der Waals surface area contributed by atoms with Gasteiger partial charge in [0.2, 0.25) is 0 Å². The Morgan fingerprint density at radius 1 is 0.607 bits per heavy atom. The highest BCUT2D eigenvalue weighted by molar-refractivity contribution is 5.69. The second-order valence-corrected chi connectivity index (χ2v) is 7.97. The van der Waals surface area contributed by atoms with Crippen LogP contribution >= 0.6 is 0 Å². The van der Waals surface area contributed by atoms with E-state index in [0.717, 1.165) is 64.2 Å². The first-order valence-electron chi connectivity index (χ1n) is 11.9. The van der Waals surface area contributed by atoms with Gasteiger partial charge in [0.15, 0.2) is 0 Å². The molecule has 0 spiro atoms. The summed E-state index contributed by atoms with van der Waals surface area (Å²) >= 11 is 0. The lowest BCUT2D eigenvalue weighted by Gasteiger charge is -2.14. The van der Waals surface area contributed by atoms with E-state index in [-0.39, 0.29) is 11.9 Å². The summed E-state index contributed by atoms with van der Waals surface area (Å²) in [6, 6.07) is 0. The van der Waals surface area contributed by atoms with Crippen molar-refractivity contribution >= 4 is 11.9 Å². The SMILES string of the molecule is CCCCCOC(=O)CCCCCCCC(CC)CCC(=O)OCCCCC. The average molecular weight is 399 g/mol. The smallest absolute Gasteiger partial charge is 0.305 e. The molecule has 4 nitrogen and oxygen atoms in total. The Bertz CT molecular complexity index is 368. The summed E-state index contributed by atoms with van der Waals surface area (Å²) in [4.78, 5) is 23.4. The number of esters is 2. The molecule has 4 heteroatoms. The summed E-state index contributed by atoms with van der Waals surface area (Å²) < 4.78 is 10.5. The van der Waals surface area contributed by atoms with E-state index < -0.39 is 0 Å². The maximum atomic E-state index is 11.8. The molecular formula is C24H46O4. The van der Waals surface area contributed by atoms with Crippen LogP contribution in [-0.4, -0.2) is 25.2 Å². The van der Waals surface area contributed by atoms with E-state index in [1.807, 2.05) is 0 Å². The van der Waals surface area contributed by atoms with E-state index >= 15 is 0 Å². The minimum absolute atomic E-state index is 0.0314. The Hall–Kier alpha value is -1.06. The van der Waals surface area contributed by atoms with Gasteiger partial charge in [-0.3, -0.25) is 9.59 Å². The molecule has 0 aromatic carbocycles. The molecule has 0 aliphatic carbocycles. The fourth-order valence-corrected chi connectivity index (χ4v) is 3.33. The lowest BCUT2D eigenvalue weighted by Crippen LogP contribution is -2.09. The van der Waals surface area contributed by atoms with Gasteiger partial charge in [0.25, 0.3) is 0 Å². The summed E-state index contributed by atoms with van der Waals surface area (Å²) in [7, 11) is 0. The average Bonchev–Trinajstić information content (AvgIpc) is 2.70. The summed E-state index contributed by atoms with van der Waals surface area (Å²) in [5.74, 6) is 0.557. The molecule has 0 rings (SSSR count). The molecule has 0 aromatic heterocycles. The van der Waals surface area contributed by atoms with Gasteiger partial charge in [-0.1, -0.05) is 85.0 Å². The predicted molar refractivity (Wildman–Crippen MR) is 116 cm³/mol. The van der Waals surface area contributed by atoms with Crippen molar-refractivity contribution in [3.05, 3.63) is 0 Å². The highest BCUT2D eigenvalue weighted by Crippen LogP contribution is 2.20. The Labute approximate surface area is 174 Å². The minimum Gasteiger partial charge on any atom is -0.466 e. The van der Waals surface area contributed by atoms with E-state index in [0.29, 0.717) is 32.0 Å². The fourth-order valence-electron chi connectivity index (χ4n) is 3.33. The lowest BCUT2D eigenvalue weighted by molar-refractivity contribution is -0.145. The van der Waals surface area contributed by atoms with Crippen LogP contribution in [0.1, 0.15) is 124 Å². The van der Waals surface area contributed by atoms with Gasteiger partial charge in [0, 0.05) is 12.8 Å². The molecule has 0 amide bonds. The number of rotatable bonds is 20. The summed E-state index contributed by atoms with van der Waals surface area (Å²) in [5, 5.41) is 0. The number of carbonyl (C=O) groups excluding carboxylic acids is 2. The third-order valence-electron chi connectivity index (χ3n) is 5.35. The molecule has 0 bridgehead atoms. The van der Waals surface area contributed by atoms with Crippen molar-refractivity contribution in [2.24, 2.45) is 5.92 Å². The Kier molecular flexibility index (Phi) is 19.9. The van der Waals surface area contributed by atoms with E-state index in [1.165, 1.54) is 25.7 Å². The maximum absolute atomic E-state index is 11.8. The zero-order chi connectivity index (χ0) is 20.9. The monoisotopic (exact) mass is 398 g/mol. The number of ether oxygens (including phenoxy) is 2. The molecule has 0 N–H and O–H groups in total. The highest BCUT2D eigenvalue weighted by Gasteiger charge is 2.10. The number of carbonyl (C=O) groups is 2. The first kappa shape index (κ1) is 26.9. The normalized spacial score (nSPS) is 12.0. The first-order chi connectivity index (χ1) is 13.6. The van der Waals surface area contributed by atoms with Crippen molar-refractivity contribution in [2.45, 2.75) is 124 Å². The van der Waals surface area contributed by atoms with Gasteiger partial charge >= 0.3 is 11.9 Å². The van der Waals surface area contributed by atoms with E-state index in [9.17, 15) is 9.59 Å². The van der Waals surface area contributed by atoms with Gasteiger partial charge in [-0.25, -0.2) is 0 Å². The molecule has 0 saturated carbocycles. The van der Waals surface area contributed by atoms with Gasteiger partial charge in [-0.15, -0.1) is 0 Å². The van der Waals surface area contributed by atoms with Crippen LogP contribution in [0.4, 0.5) is 0 Å². The van der Waals surface area contributed by atoms with Crippen LogP contribution in [0.15, 0.2) is 0 Å². The van der Waals surface area contributed by atoms with Gasteiger partial charge < -0.3 is 9.47 Å². The largest absolute Gasteiger partial charge is 0.466 e. The fraction of sp³-hybridized carbons (Fsp3) is 0.917. The summed E-state index contributed by atoms with van der Waals surface area (Å²) in [5.41, 5.74) is 0. The van der Waals surface area contributed by atoms with Gasteiger partial charge in [-0.05, 0) is 31.6 Å². The highest BCUT2D eigenvalue weighted by atomic mass is 16.5. The van der Waals surface area contributed by atoms with Crippen LogP contribution < -0.4 is 0 Å². The second kappa shape index (κ2) is 20.7. The van der Waals surface area contributed by atoms with Crippen molar-refractivity contribution in [3.63, 3.8) is 0 Å². The quantitative estimate of drug-likeness (QED) is 0.164. The third kappa shape index (κ3) is 18.3. The van der Waals surface area contributed by atoms with Crippen molar-refractivity contribution < 1.29 is 19.1 Å². The molecule has 0 saturated heterocycles. The molecule has 1 atom stereocenters. The van der Waals surface area contributed by atoms with Crippen LogP contribution in [0.2, 0.25) is 0 Å². The molecule has 1 unspecified atom stereocenters. The zero-order valence-electron chi connectivity index (χ0n) is 18.9. The molecule has 0 aliphatic rings. The molecule has 28 heavy (non-hydrogen) atoms. The first-order valence-corrected chi connectivity index (χ1v) is 11.9. The second-order valence-electron chi connectivity index (χ2n) is 7.97. The maximum Gasteiger partial charge on any atom is 0.305 e. The minimum atomic E-state index is -0.0382. The van der Waals surface area contributed by atoms with Crippen molar-refractivity contribution in [1.82, 2.24) is 0 Å². The number of hydrogen-bond donors (Lipinski definition) is 0. The van der Waals surface area contributed by atoms with Gasteiger partial charge in [0.05, 0.1) is 13.2 Å². The number of hydrogen-bond acceptors (Lipinski definition) is 4. The van der Waals surface area contributed by atoms with Crippen LogP contribution in [-0.2, 0) is 19.1 Å². The summed E-state index contributed by atoms with van der Waals surface area (Å²) in [6.45, 7) is 7.67. The van der Waals surface area contributed by atoms with E-state index in [4.69, 9.17) is 9.47 Å². The predicted octanol–water partition coefficient (Wildman–Crippen LogP) is 6.99. The van der Waals surface area contributed by atoms with E-state index in [2.05, 4.69) is 20.8 Å². The van der Waals surface area contributed by atoms with Crippen molar-refractivity contribution in [1.29, 1.82) is 0 Å². The van der Waals surface area contributed by atoms with Crippen LogP contribution in [0.25, 0.3) is 0 Å². The topological polar surface area (TPSA) is 52.6 Å². The van der Waals surface area contributed by atoms with Crippen molar-refractivity contribution in [3.8, 4) is 0 Å². The molecular weight excluding hydrogens is 352 g/mol. The molecule has 166 valence electrons. The Morgan fingerprint density at radius 2 is 1.14 bits per heavy atom. The molecule has 0 radical (unpaired) electrons. The van der Waals surface area contributed by atoms with Crippen molar-refractivity contribution in [2.75, 3.05) is 13.2 Å². The zero-order valence-corrected chi connectivity index (χ0v) is 18.9. The Balaban J connectivity index is 3.53.